The van der Waals surface area contributed by atoms with Crippen LogP contribution in [0.1, 0.15) is 29.6 Å². The van der Waals surface area contributed by atoms with Crippen molar-refractivity contribution in [1.29, 1.82) is 0 Å². The Hall–Kier alpha value is -2.34. The first kappa shape index (κ1) is 17.5. The van der Waals surface area contributed by atoms with Crippen molar-refractivity contribution in [1.82, 2.24) is 9.80 Å². The fourth-order valence-electron chi connectivity index (χ4n) is 3.47. The van der Waals surface area contributed by atoms with E-state index in [1.165, 1.54) is 0 Å². The topological polar surface area (TPSA) is 72.9 Å². The molecular formula is C19H25N3O3. The molecule has 2 saturated heterocycles. The molecule has 0 bridgehead atoms. The van der Waals surface area contributed by atoms with Crippen LogP contribution in [0, 0.1) is 0 Å². The first-order valence-electron chi connectivity index (χ1n) is 8.82. The summed E-state index contributed by atoms with van der Waals surface area (Å²) in [7, 11) is 0. The van der Waals surface area contributed by atoms with Crippen molar-refractivity contribution in [2.45, 2.75) is 31.4 Å². The quantitative estimate of drug-likeness (QED) is 0.795. The van der Waals surface area contributed by atoms with Gasteiger partial charge in [-0.1, -0.05) is 12.1 Å². The van der Waals surface area contributed by atoms with Gasteiger partial charge in [0.1, 0.15) is 6.04 Å². The Balaban J connectivity index is 1.66. The van der Waals surface area contributed by atoms with Gasteiger partial charge in [-0.2, -0.15) is 0 Å². The molecule has 0 unspecified atom stereocenters. The van der Waals surface area contributed by atoms with Crippen LogP contribution >= 0.6 is 0 Å². The molecule has 2 N–H and O–H groups in total. The van der Waals surface area contributed by atoms with E-state index in [-0.39, 0.29) is 17.9 Å². The number of hydrogen-bond donors (Lipinski definition) is 2. The lowest BCUT2D eigenvalue weighted by Gasteiger charge is -2.30. The molecule has 0 aliphatic carbocycles. The molecule has 2 aliphatic heterocycles. The monoisotopic (exact) mass is 343 g/mol. The number of anilines is 1. The number of carbonyl (C=O) groups is 2. The van der Waals surface area contributed by atoms with Gasteiger partial charge in [0.05, 0.1) is 6.10 Å². The van der Waals surface area contributed by atoms with E-state index >= 15 is 0 Å². The molecule has 134 valence electrons. The van der Waals surface area contributed by atoms with Gasteiger partial charge in [-0.25, -0.2) is 0 Å². The zero-order chi connectivity index (χ0) is 17.8. The van der Waals surface area contributed by atoms with E-state index < -0.39 is 6.10 Å². The number of amides is 2. The zero-order valence-corrected chi connectivity index (χ0v) is 14.4. The molecule has 6 nitrogen and oxygen atoms in total. The van der Waals surface area contributed by atoms with Crippen LogP contribution in [0.2, 0.25) is 0 Å². The highest BCUT2D eigenvalue weighted by Crippen LogP contribution is 2.20. The summed E-state index contributed by atoms with van der Waals surface area (Å²) in [5, 5.41) is 13.0. The van der Waals surface area contributed by atoms with Gasteiger partial charge in [0.2, 0.25) is 5.91 Å². The maximum atomic E-state index is 12.6. The van der Waals surface area contributed by atoms with E-state index in [1.54, 1.807) is 28.0 Å². The molecule has 1 aromatic rings. The van der Waals surface area contributed by atoms with Crippen molar-refractivity contribution < 1.29 is 14.7 Å². The molecule has 2 heterocycles. The van der Waals surface area contributed by atoms with E-state index in [0.29, 0.717) is 31.7 Å². The Labute approximate surface area is 148 Å². The number of nitrogens with zero attached hydrogens (tertiary/aromatic N) is 2. The van der Waals surface area contributed by atoms with E-state index in [1.807, 2.05) is 12.1 Å². The minimum atomic E-state index is -0.439. The van der Waals surface area contributed by atoms with E-state index in [9.17, 15) is 14.7 Å². The van der Waals surface area contributed by atoms with Gasteiger partial charge in [0.15, 0.2) is 0 Å². The van der Waals surface area contributed by atoms with E-state index in [4.69, 9.17) is 0 Å². The van der Waals surface area contributed by atoms with Crippen molar-refractivity contribution in [3.05, 3.63) is 42.5 Å². The molecule has 3 rings (SSSR count). The predicted octanol–water partition coefficient (Wildman–Crippen LogP) is 1.48. The average Bonchev–Trinajstić information content (AvgIpc) is 2.95. The molecule has 2 amide bonds. The molecule has 1 aromatic carbocycles. The third-order valence-electron chi connectivity index (χ3n) is 4.78. The van der Waals surface area contributed by atoms with Crippen molar-refractivity contribution >= 4 is 17.5 Å². The van der Waals surface area contributed by atoms with Gasteiger partial charge in [0.25, 0.3) is 5.91 Å². The number of likely N-dealkylation sites (tertiary alicyclic amines) is 2. The molecule has 2 atom stereocenters. The number of aliphatic hydroxyl groups excluding tert-OH is 1. The summed E-state index contributed by atoms with van der Waals surface area (Å²) in [6.07, 6.45) is 3.60. The lowest BCUT2D eigenvalue weighted by Crippen LogP contribution is -2.42. The minimum Gasteiger partial charge on any atom is -0.391 e. The largest absolute Gasteiger partial charge is 0.391 e. The normalized spacial score (nSPS) is 23.6. The first-order chi connectivity index (χ1) is 12.1. The fourth-order valence-corrected chi connectivity index (χ4v) is 3.47. The lowest BCUT2D eigenvalue weighted by molar-refractivity contribution is -0.127. The fraction of sp³-hybridized carbons (Fsp3) is 0.474. The second-order valence-electron chi connectivity index (χ2n) is 6.69. The number of aliphatic hydroxyl groups is 1. The van der Waals surface area contributed by atoms with Gasteiger partial charge < -0.3 is 20.2 Å². The Kier molecular flexibility index (Phi) is 5.38. The van der Waals surface area contributed by atoms with Crippen molar-refractivity contribution in [2.75, 3.05) is 31.5 Å². The Morgan fingerprint density at radius 3 is 2.96 bits per heavy atom. The summed E-state index contributed by atoms with van der Waals surface area (Å²) in [6.45, 7) is 6.01. The number of hydrogen-bond acceptors (Lipinski definition) is 4. The number of benzene rings is 1. The summed E-state index contributed by atoms with van der Waals surface area (Å²) in [5.41, 5.74) is 1.34. The minimum absolute atomic E-state index is 0.0655. The Morgan fingerprint density at radius 2 is 2.20 bits per heavy atom. The molecule has 0 radical (unpaired) electrons. The van der Waals surface area contributed by atoms with E-state index in [0.717, 1.165) is 24.9 Å². The summed E-state index contributed by atoms with van der Waals surface area (Å²) in [6, 6.07) is 6.98. The summed E-state index contributed by atoms with van der Waals surface area (Å²) in [4.78, 5) is 28.4. The van der Waals surface area contributed by atoms with Gasteiger partial charge in [-0.15, -0.1) is 6.58 Å². The SMILES string of the molecule is C=CCN1CC[C@H](Nc2cccc(C(=O)N3CCC[C@@H](O)C3)c2)C1=O. The second-order valence-corrected chi connectivity index (χ2v) is 6.69. The molecule has 25 heavy (non-hydrogen) atoms. The van der Waals surface area contributed by atoms with Crippen LogP contribution < -0.4 is 5.32 Å². The zero-order valence-electron chi connectivity index (χ0n) is 14.4. The summed E-state index contributed by atoms with van der Waals surface area (Å²) >= 11 is 0. The van der Waals surface area contributed by atoms with Crippen LogP contribution in [0.25, 0.3) is 0 Å². The number of piperidine rings is 1. The molecule has 6 heteroatoms. The number of nitrogens with one attached hydrogen (secondary N) is 1. The molecule has 0 spiro atoms. The number of carbonyl (C=O) groups excluding carboxylic acids is 2. The van der Waals surface area contributed by atoms with Crippen LogP contribution in [-0.2, 0) is 4.79 Å². The Bertz CT molecular complexity index is 661. The average molecular weight is 343 g/mol. The lowest BCUT2D eigenvalue weighted by atomic mass is 10.1. The van der Waals surface area contributed by atoms with Crippen LogP contribution in [0.3, 0.4) is 0 Å². The molecular weight excluding hydrogens is 318 g/mol. The molecule has 0 saturated carbocycles. The van der Waals surface area contributed by atoms with Gasteiger partial charge in [-0.05, 0) is 37.5 Å². The van der Waals surface area contributed by atoms with Gasteiger partial charge in [-0.3, -0.25) is 9.59 Å². The number of rotatable bonds is 5. The third-order valence-corrected chi connectivity index (χ3v) is 4.78. The molecule has 0 aromatic heterocycles. The van der Waals surface area contributed by atoms with Gasteiger partial charge >= 0.3 is 0 Å². The highest BCUT2D eigenvalue weighted by Gasteiger charge is 2.30. The molecule has 2 fully saturated rings. The third kappa shape index (κ3) is 4.02. The highest BCUT2D eigenvalue weighted by atomic mass is 16.3. The van der Waals surface area contributed by atoms with Crippen LogP contribution in [0.5, 0.6) is 0 Å². The summed E-state index contributed by atoms with van der Waals surface area (Å²) in [5.74, 6) is -0.00999. The highest BCUT2D eigenvalue weighted by molar-refractivity contribution is 5.95. The second kappa shape index (κ2) is 7.70. The smallest absolute Gasteiger partial charge is 0.254 e. The van der Waals surface area contributed by atoms with Crippen LogP contribution in [0.15, 0.2) is 36.9 Å². The maximum absolute atomic E-state index is 12.6. The van der Waals surface area contributed by atoms with Crippen molar-refractivity contribution in [3.63, 3.8) is 0 Å². The number of β-amino-alcohol motifs (C(OH)–C–C–N with tert-alkyl or cyclic N) is 1. The van der Waals surface area contributed by atoms with Crippen LogP contribution in [0.4, 0.5) is 5.69 Å². The van der Waals surface area contributed by atoms with Gasteiger partial charge in [0, 0.05) is 37.4 Å². The van der Waals surface area contributed by atoms with Crippen LogP contribution in [-0.4, -0.2) is 65.0 Å². The first-order valence-corrected chi connectivity index (χ1v) is 8.82. The maximum Gasteiger partial charge on any atom is 0.254 e. The standard InChI is InChI=1S/C19H25N3O3/c1-2-9-21-11-8-17(19(21)25)20-15-6-3-5-14(12-15)18(24)22-10-4-7-16(23)13-22/h2-3,5-6,12,16-17,20,23H,1,4,7-11,13H2/t16-,17+/m1/s1. The summed E-state index contributed by atoms with van der Waals surface area (Å²) < 4.78 is 0. The Morgan fingerprint density at radius 1 is 1.36 bits per heavy atom. The molecule has 2 aliphatic rings. The van der Waals surface area contributed by atoms with Crippen molar-refractivity contribution in [2.24, 2.45) is 0 Å². The predicted molar refractivity (Wildman–Crippen MR) is 96.4 cm³/mol. The van der Waals surface area contributed by atoms with Crippen molar-refractivity contribution in [3.8, 4) is 0 Å². The van der Waals surface area contributed by atoms with E-state index in [2.05, 4.69) is 11.9 Å².